The third-order valence-corrected chi connectivity index (χ3v) is 3.86. The molecule has 1 nitrogen and oxygen atoms in total. The van der Waals surface area contributed by atoms with Gasteiger partial charge >= 0.3 is 0 Å². The normalized spacial score (nSPS) is 17.7. The van der Waals surface area contributed by atoms with Crippen LogP contribution in [0.3, 0.4) is 0 Å². The molecular formula is C13H18BrN. The molecule has 1 atom stereocenters. The molecule has 82 valence electrons. The predicted molar refractivity (Wildman–Crippen MR) is 67.8 cm³/mol. The van der Waals surface area contributed by atoms with Crippen molar-refractivity contribution in [3.63, 3.8) is 0 Å². The molecule has 1 unspecified atom stereocenters. The maximum atomic E-state index is 6.13. The molecule has 0 aromatic heterocycles. The third-order valence-electron chi connectivity index (χ3n) is 3.08. The van der Waals surface area contributed by atoms with Crippen molar-refractivity contribution in [3.05, 3.63) is 34.3 Å². The van der Waals surface area contributed by atoms with E-state index in [1.165, 1.54) is 35.7 Å². The number of hydrogen-bond acceptors (Lipinski definition) is 1. The zero-order valence-electron chi connectivity index (χ0n) is 8.95. The second-order valence-corrected chi connectivity index (χ2v) is 5.43. The Bertz CT molecular complexity index is 320. The molecule has 2 heteroatoms. The Morgan fingerprint density at radius 2 is 2.07 bits per heavy atom. The van der Waals surface area contributed by atoms with Crippen LogP contribution < -0.4 is 5.73 Å². The highest BCUT2D eigenvalue weighted by Gasteiger charge is 2.21. The van der Waals surface area contributed by atoms with Crippen LogP contribution in [0.1, 0.15) is 31.2 Å². The Morgan fingerprint density at radius 3 is 2.73 bits per heavy atom. The first-order chi connectivity index (χ1) is 7.25. The molecule has 0 heterocycles. The highest BCUT2D eigenvalue weighted by molar-refractivity contribution is 9.10. The molecule has 0 saturated heterocycles. The zero-order valence-corrected chi connectivity index (χ0v) is 10.5. The summed E-state index contributed by atoms with van der Waals surface area (Å²) in [6.07, 6.45) is 6.36. The lowest BCUT2D eigenvalue weighted by atomic mass is 10.0. The van der Waals surface area contributed by atoms with Crippen molar-refractivity contribution in [2.24, 2.45) is 11.7 Å². The van der Waals surface area contributed by atoms with Gasteiger partial charge in [0.15, 0.2) is 0 Å². The van der Waals surface area contributed by atoms with Gasteiger partial charge in [0.25, 0.3) is 0 Å². The fourth-order valence-corrected chi connectivity index (χ4v) is 2.35. The molecule has 0 radical (unpaired) electrons. The summed E-state index contributed by atoms with van der Waals surface area (Å²) >= 11 is 3.56. The Balaban J connectivity index is 1.81. The molecule has 1 aliphatic rings. The van der Waals surface area contributed by atoms with Crippen LogP contribution in [0.15, 0.2) is 28.7 Å². The maximum Gasteiger partial charge on any atom is 0.0207 e. The van der Waals surface area contributed by atoms with Gasteiger partial charge in [-0.25, -0.2) is 0 Å². The van der Waals surface area contributed by atoms with Crippen molar-refractivity contribution in [1.82, 2.24) is 0 Å². The molecular weight excluding hydrogens is 250 g/mol. The van der Waals surface area contributed by atoms with E-state index < -0.39 is 0 Å². The summed E-state index contributed by atoms with van der Waals surface area (Å²) in [6, 6.07) is 8.69. The van der Waals surface area contributed by atoms with Gasteiger partial charge in [-0.15, -0.1) is 0 Å². The monoisotopic (exact) mass is 267 g/mol. The fraction of sp³-hybridized carbons (Fsp3) is 0.538. The van der Waals surface area contributed by atoms with Crippen molar-refractivity contribution < 1.29 is 0 Å². The minimum absolute atomic E-state index is 0.323. The topological polar surface area (TPSA) is 26.0 Å². The number of nitrogens with two attached hydrogens (primary N) is 1. The molecule has 15 heavy (non-hydrogen) atoms. The lowest BCUT2D eigenvalue weighted by molar-refractivity contribution is 0.551. The van der Waals surface area contributed by atoms with Gasteiger partial charge < -0.3 is 5.73 Å². The zero-order chi connectivity index (χ0) is 10.7. The van der Waals surface area contributed by atoms with Crippen molar-refractivity contribution >= 4 is 15.9 Å². The molecule has 1 aromatic rings. The molecule has 0 spiro atoms. The van der Waals surface area contributed by atoms with E-state index in [1.807, 2.05) is 6.07 Å². The van der Waals surface area contributed by atoms with Crippen LogP contribution >= 0.6 is 15.9 Å². The Kier molecular flexibility index (Phi) is 3.81. The fourth-order valence-electron chi connectivity index (χ4n) is 1.90. The summed E-state index contributed by atoms with van der Waals surface area (Å²) in [7, 11) is 0. The van der Waals surface area contributed by atoms with Crippen molar-refractivity contribution in [3.8, 4) is 0 Å². The van der Waals surface area contributed by atoms with Gasteiger partial charge in [-0.2, -0.15) is 0 Å². The minimum atomic E-state index is 0.323. The van der Waals surface area contributed by atoms with Gasteiger partial charge in [0.2, 0.25) is 0 Å². The van der Waals surface area contributed by atoms with Crippen molar-refractivity contribution in [2.75, 3.05) is 0 Å². The summed E-state index contributed by atoms with van der Waals surface area (Å²) in [5, 5.41) is 0. The SMILES string of the molecule is NC(CCC1CC1)Cc1ccccc1Br. The van der Waals surface area contributed by atoms with E-state index in [1.54, 1.807) is 0 Å². The van der Waals surface area contributed by atoms with Crippen LogP contribution in [0, 0.1) is 5.92 Å². The van der Waals surface area contributed by atoms with Gasteiger partial charge in [0, 0.05) is 10.5 Å². The second-order valence-electron chi connectivity index (χ2n) is 4.58. The minimum Gasteiger partial charge on any atom is -0.327 e. The van der Waals surface area contributed by atoms with Gasteiger partial charge in [0.1, 0.15) is 0 Å². The maximum absolute atomic E-state index is 6.13. The number of benzene rings is 1. The highest BCUT2D eigenvalue weighted by atomic mass is 79.9. The van der Waals surface area contributed by atoms with Crippen LogP contribution in [0.4, 0.5) is 0 Å². The van der Waals surface area contributed by atoms with E-state index in [2.05, 4.69) is 34.1 Å². The molecule has 1 saturated carbocycles. The van der Waals surface area contributed by atoms with E-state index in [4.69, 9.17) is 5.73 Å². The molecule has 0 aliphatic heterocycles. The van der Waals surface area contributed by atoms with Gasteiger partial charge in [-0.05, 0) is 36.8 Å². The van der Waals surface area contributed by atoms with E-state index >= 15 is 0 Å². The lowest BCUT2D eigenvalue weighted by Crippen LogP contribution is -2.23. The molecule has 2 N–H and O–H groups in total. The molecule has 0 amide bonds. The first kappa shape index (κ1) is 11.2. The smallest absolute Gasteiger partial charge is 0.0207 e. The molecule has 1 fully saturated rings. The Morgan fingerprint density at radius 1 is 1.33 bits per heavy atom. The van der Waals surface area contributed by atoms with E-state index in [0.29, 0.717) is 6.04 Å². The Hall–Kier alpha value is -0.340. The molecule has 2 rings (SSSR count). The highest BCUT2D eigenvalue weighted by Crippen LogP contribution is 2.34. The number of hydrogen-bond donors (Lipinski definition) is 1. The van der Waals surface area contributed by atoms with Crippen LogP contribution in [-0.2, 0) is 6.42 Å². The van der Waals surface area contributed by atoms with Crippen LogP contribution in [-0.4, -0.2) is 6.04 Å². The largest absolute Gasteiger partial charge is 0.327 e. The predicted octanol–water partition coefficient (Wildman–Crippen LogP) is 3.51. The van der Waals surface area contributed by atoms with Gasteiger partial charge in [0.05, 0.1) is 0 Å². The van der Waals surface area contributed by atoms with E-state index in [0.717, 1.165) is 12.3 Å². The second kappa shape index (κ2) is 5.13. The average molecular weight is 268 g/mol. The standard InChI is InChI=1S/C13H18BrN/c14-13-4-2-1-3-11(13)9-12(15)8-7-10-5-6-10/h1-4,10,12H,5-9,15H2. The van der Waals surface area contributed by atoms with Crippen LogP contribution in [0.5, 0.6) is 0 Å². The van der Waals surface area contributed by atoms with Crippen LogP contribution in [0.25, 0.3) is 0 Å². The summed E-state index contributed by atoms with van der Waals surface area (Å²) in [5.74, 6) is 0.996. The molecule has 1 aromatic carbocycles. The number of halogens is 1. The Labute approximate surface area is 100 Å². The van der Waals surface area contributed by atoms with E-state index in [-0.39, 0.29) is 0 Å². The lowest BCUT2D eigenvalue weighted by Gasteiger charge is -2.12. The van der Waals surface area contributed by atoms with Crippen molar-refractivity contribution in [2.45, 2.75) is 38.1 Å². The molecule has 0 bridgehead atoms. The van der Waals surface area contributed by atoms with Crippen molar-refractivity contribution in [1.29, 1.82) is 0 Å². The van der Waals surface area contributed by atoms with Gasteiger partial charge in [-0.3, -0.25) is 0 Å². The van der Waals surface area contributed by atoms with E-state index in [9.17, 15) is 0 Å². The summed E-state index contributed by atoms with van der Waals surface area (Å²) in [4.78, 5) is 0. The molecule has 1 aliphatic carbocycles. The summed E-state index contributed by atoms with van der Waals surface area (Å²) in [5.41, 5.74) is 7.46. The average Bonchev–Trinajstić information content (AvgIpc) is 3.02. The number of rotatable bonds is 5. The first-order valence-electron chi connectivity index (χ1n) is 5.74. The summed E-state index contributed by atoms with van der Waals surface area (Å²) < 4.78 is 1.19. The van der Waals surface area contributed by atoms with Gasteiger partial charge in [-0.1, -0.05) is 47.0 Å². The third kappa shape index (κ3) is 3.62. The quantitative estimate of drug-likeness (QED) is 0.868. The van der Waals surface area contributed by atoms with Crippen LogP contribution in [0.2, 0.25) is 0 Å². The first-order valence-corrected chi connectivity index (χ1v) is 6.54. The summed E-state index contributed by atoms with van der Waals surface area (Å²) in [6.45, 7) is 0.